The smallest absolute Gasteiger partial charge is 0.202 e. The molecule has 0 amide bonds. The quantitative estimate of drug-likeness (QED) is 0.555. The van der Waals surface area contributed by atoms with Crippen molar-refractivity contribution in [1.82, 2.24) is 9.03 Å². The van der Waals surface area contributed by atoms with Gasteiger partial charge in [-0.05, 0) is 12.0 Å². The van der Waals surface area contributed by atoms with Gasteiger partial charge in [-0.25, -0.2) is 4.72 Å². The van der Waals surface area contributed by atoms with Gasteiger partial charge in [-0.2, -0.15) is 12.7 Å². The van der Waals surface area contributed by atoms with Gasteiger partial charge >= 0.3 is 0 Å². The number of alkyl halides is 1. The van der Waals surface area contributed by atoms with Crippen molar-refractivity contribution in [2.75, 3.05) is 25.5 Å². The zero-order valence-corrected chi connectivity index (χ0v) is 8.86. The minimum Gasteiger partial charge on any atom is -0.202 e. The molecule has 0 aromatic rings. The molecule has 0 aliphatic carbocycles. The molecule has 4 nitrogen and oxygen atoms in total. The normalized spacial score (nSPS) is 22.8. The summed E-state index contributed by atoms with van der Waals surface area (Å²) in [4.78, 5) is 0. The van der Waals surface area contributed by atoms with Crippen molar-refractivity contribution in [3.8, 4) is 0 Å². The molecule has 0 bridgehead atoms. The van der Waals surface area contributed by atoms with E-state index in [4.69, 9.17) is 11.6 Å². The van der Waals surface area contributed by atoms with Gasteiger partial charge in [0.15, 0.2) is 0 Å². The first-order valence-electron chi connectivity index (χ1n) is 4.03. The van der Waals surface area contributed by atoms with Gasteiger partial charge in [-0.15, -0.1) is 11.6 Å². The molecular formula is C7H13ClN2O2S. The van der Waals surface area contributed by atoms with Crippen molar-refractivity contribution >= 4 is 21.8 Å². The Morgan fingerprint density at radius 3 is 2.85 bits per heavy atom. The monoisotopic (exact) mass is 224 g/mol. The number of nitrogens with one attached hydrogen (secondary N) is 1. The summed E-state index contributed by atoms with van der Waals surface area (Å²) in [5.74, 6) is 0.298. The Labute approximate surface area is 83.7 Å². The molecule has 0 spiro atoms. The summed E-state index contributed by atoms with van der Waals surface area (Å²) < 4.78 is 26.5. The van der Waals surface area contributed by atoms with Gasteiger partial charge in [0.1, 0.15) is 0 Å². The summed E-state index contributed by atoms with van der Waals surface area (Å²) in [5, 5.41) is 0. The maximum Gasteiger partial charge on any atom is 0.279 e. The largest absolute Gasteiger partial charge is 0.279 e. The summed E-state index contributed by atoms with van der Waals surface area (Å²) in [5.41, 5.74) is 0.717. The van der Waals surface area contributed by atoms with Gasteiger partial charge in [0, 0.05) is 25.5 Å². The standard InChI is InChI=1S/C7H13ClN2O2S/c1-7(5-8)6-10-4-2-3-9-13(10,11)12/h9H,1-6H2. The predicted octanol–water partition coefficient (Wildman–Crippen LogP) is 0.322. The van der Waals surface area contributed by atoms with Crippen molar-refractivity contribution in [2.24, 2.45) is 0 Å². The number of nitrogens with zero attached hydrogens (tertiary/aromatic N) is 1. The van der Waals surface area contributed by atoms with Crippen molar-refractivity contribution in [3.05, 3.63) is 12.2 Å². The molecule has 6 heteroatoms. The number of rotatable bonds is 3. The fourth-order valence-corrected chi connectivity index (χ4v) is 2.52. The lowest BCUT2D eigenvalue weighted by Gasteiger charge is -2.26. The lowest BCUT2D eigenvalue weighted by Crippen LogP contribution is -2.47. The van der Waals surface area contributed by atoms with Crippen LogP contribution in [0.25, 0.3) is 0 Å². The number of hydrogen-bond donors (Lipinski definition) is 1. The highest BCUT2D eigenvalue weighted by Crippen LogP contribution is 2.08. The predicted molar refractivity (Wildman–Crippen MR) is 53.0 cm³/mol. The SMILES string of the molecule is C=C(CCl)CN1CCCNS1(=O)=O. The molecule has 0 saturated carbocycles. The molecule has 1 N–H and O–H groups in total. The summed E-state index contributed by atoms with van der Waals surface area (Å²) in [7, 11) is -3.26. The first-order chi connectivity index (χ1) is 6.06. The lowest BCUT2D eigenvalue weighted by molar-refractivity contribution is 0.395. The number of halogens is 1. The Hall–Kier alpha value is -0.100. The van der Waals surface area contributed by atoms with Crippen LogP contribution in [0.5, 0.6) is 0 Å². The summed E-state index contributed by atoms with van der Waals surface area (Å²) in [6.07, 6.45) is 0.828. The Kier molecular flexibility index (Phi) is 3.73. The second kappa shape index (κ2) is 4.41. The summed E-state index contributed by atoms with van der Waals surface area (Å²) in [6.45, 7) is 5.05. The Bertz CT molecular complexity index is 289. The van der Waals surface area contributed by atoms with Crippen LogP contribution in [0.1, 0.15) is 6.42 Å². The molecule has 0 aromatic heterocycles. The average molecular weight is 225 g/mol. The van der Waals surface area contributed by atoms with Crippen LogP contribution in [0.15, 0.2) is 12.2 Å². The van der Waals surface area contributed by atoms with E-state index in [2.05, 4.69) is 11.3 Å². The van der Waals surface area contributed by atoms with E-state index < -0.39 is 10.2 Å². The van der Waals surface area contributed by atoms with Gasteiger partial charge < -0.3 is 0 Å². The molecule has 0 atom stereocenters. The first-order valence-corrected chi connectivity index (χ1v) is 6.01. The topological polar surface area (TPSA) is 49.4 Å². The highest BCUT2D eigenvalue weighted by molar-refractivity contribution is 7.87. The third-order valence-electron chi connectivity index (χ3n) is 1.80. The molecule has 13 heavy (non-hydrogen) atoms. The van der Waals surface area contributed by atoms with E-state index in [9.17, 15) is 8.42 Å². The third-order valence-corrected chi connectivity index (χ3v) is 3.74. The van der Waals surface area contributed by atoms with Crippen LogP contribution >= 0.6 is 11.6 Å². The van der Waals surface area contributed by atoms with Crippen LogP contribution < -0.4 is 4.72 Å². The summed E-state index contributed by atoms with van der Waals surface area (Å²) in [6, 6.07) is 0. The first kappa shape index (κ1) is 11.0. The highest BCUT2D eigenvalue weighted by atomic mass is 35.5. The van der Waals surface area contributed by atoms with Crippen LogP contribution in [0, 0.1) is 0 Å². The van der Waals surface area contributed by atoms with Crippen LogP contribution in [-0.4, -0.2) is 38.2 Å². The molecular weight excluding hydrogens is 212 g/mol. The van der Waals surface area contributed by atoms with E-state index in [1.54, 1.807) is 0 Å². The Morgan fingerprint density at radius 2 is 2.31 bits per heavy atom. The van der Waals surface area contributed by atoms with E-state index in [1.165, 1.54) is 4.31 Å². The highest BCUT2D eigenvalue weighted by Gasteiger charge is 2.24. The lowest BCUT2D eigenvalue weighted by atomic mass is 10.3. The Morgan fingerprint density at radius 1 is 1.62 bits per heavy atom. The summed E-state index contributed by atoms with van der Waals surface area (Å²) >= 11 is 5.52. The fourth-order valence-electron chi connectivity index (χ4n) is 1.12. The van der Waals surface area contributed by atoms with Crippen LogP contribution in [0.3, 0.4) is 0 Å². The minimum atomic E-state index is -3.26. The molecule has 1 aliphatic rings. The van der Waals surface area contributed by atoms with Gasteiger partial charge in [0.05, 0.1) is 0 Å². The van der Waals surface area contributed by atoms with Crippen LogP contribution in [0.4, 0.5) is 0 Å². The van der Waals surface area contributed by atoms with E-state index in [0.29, 0.717) is 31.1 Å². The minimum absolute atomic E-state index is 0.298. The van der Waals surface area contributed by atoms with E-state index in [1.807, 2.05) is 0 Å². The molecule has 0 radical (unpaired) electrons. The second-order valence-corrected chi connectivity index (χ2v) is 4.99. The van der Waals surface area contributed by atoms with Crippen LogP contribution in [-0.2, 0) is 10.2 Å². The van der Waals surface area contributed by atoms with Gasteiger partial charge in [-0.3, -0.25) is 0 Å². The van der Waals surface area contributed by atoms with Gasteiger partial charge in [0.25, 0.3) is 10.2 Å². The van der Waals surface area contributed by atoms with E-state index >= 15 is 0 Å². The second-order valence-electron chi connectivity index (χ2n) is 2.97. The molecule has 0 unspecified atom stereocenters. The van der Waals surface area contributed by atoms with E-state index in [-0.39, 0.29) is 0 Å². The molecule has 1 heterocycles. The molecule has 1 aliphatic heterocycles. The third kappa shape index (κ3) is 2.95. The van der Waals surface area contributed by atoms with E-state index in [0.717, 1.165) is 6.42 Å². The zero-order valence-electron chi connectivity index (χ0n) is 7.29. The number of hydrogen-bond acceptors (Lipinski definition) is 2. The Balaban J connectivity index is 2.62. The maximum atomic E-state index is 11.4. The zero-order chi connectivity index (χ0) is 9.90. The molecule has 1 fully saturated rings. The van der Waals surface area contributed by atoms with Crippen molar-refractivity contribution < 1.29 is 8.42 Å². The van der Waals surface area contributed by atoms with Crippen molar-refractivity contribution in [1.29, 1.82) is 0 Å². The van der Waals surface area contributed by atoms with Crippen LogP contribution in [0.2, 0.25) is 0 Å². The van der Waals surface area contributed by atoms with Crippen molar-refractivity contribution in [3.63, 3.8) is 0 Å². The van der Waals surface area contributed by atoms with Crippen molar-refractivity contribution in [2.45, 2.75) is 6.42 Å². The average Bonchev–Trinajstić information content (AvgIpc) is 2.08. The molecule has 1 rings (SSSR count). The molecule has 76 valence electrons. The molecule has 1 saturated heterocycles. The fraction of sp³-hybridized carbons (Fsp3) is 0.714. The molecule has 0 aromatic carbocycles. The van der Waals surface area contributed by atoms with Gasteiger partial charge in [-0.1, -0.05) is 6.58 Å². The van der Waals surface area contributed by atoms with Gasteiger partial charge in [0.2, 0.25) is 0 Å². The maximum absolute atomic E-state index is 11.4.